The summed E-state index contributed by atoms with van der Waals surface area (Å²) >= 11 is 0. The normalized spacial score (nSPS) is 21.8. The molecule has 1 atom stereocenters. The lowest BCUT2D eigenvalue weighted by atomic mass is 10.1. The summed E-state index contributed by atoms with van der Waals surface area (Å²) in [6.45, 7) is 6.60. The van der Waals surface area contributed by atoms with Crippen LogP contribution in [0.5, 0.6) is 0 Å². The molecule has 1 aliphatic rings. The Morgan fingerprint density at radius 1 is 1.59 bits per heavy atom. The number of aryl methyl sites for hydroxylation is 1. The molecule has 0 aliphatic carbocycles. The monoisotopic (exact) mass is 237 g/mol. The fraction of sp³-hybridized carbons (Fsp3) is 0.667. The number of piperazine rings is 1. The molecule has 0 saturated carbocycles. The van der Waals surface area contributed by atoms with Gasteiger partial charge in [-0.1, -0.05) is 5.16 Å². The zero-order valence-corrected chi connectivity index (χ0v) is 10.6. The molecule has 0 aromatic carbocycles. The maximum atomic E-state index is 12.1. The van der Waals surface area contributed by atoms with Gasteiger partial charge in [0.15, 0.2) is 0 Å². The highest BCUT2D eigenvalue weighted by atomic mass is 16.5. The average molecular weight is 237 g/mol. The van der Waals surface area contributed by atoms with Crippen LogP contribution in [0.2, 0.25) is 0 Å². The number of carbonyl (C=O) groups excluding carboxylic acids is 1. The lowest BCUT2D eigenvalue weighted by molar-refractivity contribution is -0.134. The fourth-order valence-electron chi connectivity index (χ4n) is 2.26. The molecule has 1 aromatic heterocycles. The van der Waals surface area contributed by atoms with E-state index in [-0.39, 0.29) is 11.9 Å². The minimum absolute atomic E-state index is 0.127. The number of carbonyl (C=O) groups is 1. The predicted molar refractivity (Wildman–Crippen MR) is 63.6 cm³/mol. The van der Waals surface area contributed by atoms with Gasteiger partial charge in [0.2, 0.25) is 5.91 Å². The minimum atomic E-state index is 0.127. The molecular formula is C12H19N3O2. The number of aromatic nitrogens is 1. The highest BCUT2D eigenvalue weighted by Crippen LogP contribution is 2.11. The number of nitrogens with zero attached hydrogens (tertiary/aromatic N) is 3. The van der Waals surface area contributed by atoms with E-state index in [9.17, 15) is 4.79 Å². The molecule has 5 nitrogen and oxygen atoms in total. The molecule has 0 N–H and O–H groups in total. The Morgan fingerprint density at radius 3 is 2.94 bits per heavy atom. The van der Waals surface area contributed by atoms with Crippen LogP contribution in [0.25, 0.3) is 0 Å². The molecule has 2 heterocycles. The van der Waals surface area contributed by atoms with Crippen LogP contribution in [-0.2, 0) is 11.2 Å². The Labute approximate surface area is 101 Å². The van der Waals surface area contributed by atoms with Crippen LogP contribution < -0.4 is 0 Å². The quantitative estimate of drug-likeness (QED) is 0.759. The zero-order valence-electron chi connectivity index (χ0n) is 10.6. The Kier molecular flexibility index (Phi) is 3.47. The number of likely N-dealkylation sites (N-methyl/N-ethyl adjacent to an activating group) is 1. The first-order valence-electron chi connectivity index (χ1n) is 5.96. The van der Waals surface area contributed by atoms with Gasteiger partial charge in [-0.05, 0) is 20.9 Å². The summed E-state index contributed by atoms with van der Waals surface area (Å²) < 4.78 is 5.07. The number of hydrogen-bond donors (Lipinski definition) is 0. The van der Waals surface area contributed by atoms with E-state index in [2.05, 4.69) is 24.0 Å². The number of rotatable bonds is 2. The van der Waals surface area contributed by atoms with Gasteiger partial charge in [-0.25, -0.2) is 0 Å². The minimum Gasteiger partial charge on any atom is -0.361 e. The topological polar surface area (TPSA) is 49.6 Å². The van der Waals surface area contributed by atoms with Gasteiger partial charge in [-0.3, -0.25) is 4.79 Å². The molecule has 0 bridgehead atoms. The van der Waals surface area contributed by atoms with Gasteiger partial charge >= 0.3 is 0 Å². The smallest absolute Gasteiger partial charge is 0.230 e. The molecule has 1 fully saturated rings. The van der Waals surface area contributed by atoms with Gasteiger partial charge < -0.3 is 14.3 Å². The van der Waals surface area contributed by atoms with Crippen LogP contribution in [-0.4, -0.2) is 53.6 Å². The van der Waals surface area contributed by atoms with E-state index >= 15 is 0 Å². The first kappa shape index (κ1) is 12.1. The van der Waals surface area contributed by atoms with Crippen molar-refractivity contribution in [3.05, 3.63) is 17.5 Å². The lowest BCUT2D eigenvalue weighted by Crippen LogP contribution is -2.53. The summed E-state index contributed by atoms with van der Waals surface area (Å²) in [7, 11) is 2.08. The van der Waals surface area contributed by atoms with Gasteiger partial charge in [-0.15, -0.1) is 0 Å². The van der Waals surface area contributed by atoms with Gasteiger partial charge in [0.25, 0.3) is 0 Å². The Hall–Kier alpha value is -1.36. The van der Waals surface area contributed by atoms with Gasteiger partial charge in [0.05, 0.1) is 12.1 Å². The highest BCUT2D eigenvalue weighted by molar-refractivity contribution is 5.78. The van der Waals surface area contributed by atoms with Crippen LogP contribution in [0.4, 0.5) is 0 Å². The van der Waals surface area contributed by atoms with Crippen molar-refractivity contribution in [1.29, 1.82) is 0 Å². The molecular weight excluding hydrogens is 218 g/mol. The summed E-state index contributed by atoms with van der Waals surface area (Å²) in [5.41, 5.74) is 0.819. The van der Waals surface area contributed by atoms with Crippen LogP contribution in [0, 0.1) is 6.92 Å². The van der Waals surface area contributed by atoms with E-state index in [0.717, 1.165) is 25.3 Å². The molecule has 0 radical (unpaired) electrons. The standard InChI is InChI=1S/C12H19N3O2/c1-9-6-11(17-13-9)7-12(16)15-5-4-14(3)8-10(15)2/h6,10H,4-5,7-8H2,1-3H3. The summed E-state index contributed by atoms with van der Waals surface area (Å²) in [6.07, 6.45) is 0.314. The first-order chi connectivity index (χ1) is 8.06. The molecule has 1 aromatic rings. The van der Waals surface area contributed by atoms with E-state index in [1.54, 1.807) is 0 Å². The summed E-state index contributed by atoms with van der Waals surface area (Å²) in [5.74, 6) is 0.778. The molecule has 5 heteroatoms. The molecule has 1 unspecified atom stereocenters. The van der Waals surface area contributed by atoms with Crippen molar-refractivity contribution in [2.45, 2.75) is 26.3 Å². The van der Waals surface area contributed by atoms with Gasteiger partial charge in [0.1, 0.15) is 5.76 Å². The summed E-state index contributed by atoms with van der Waals surface area (Å²) in [6, 6.07) is 2.09. The molecule has 1 saturated heterocycles. The molecule has 1 amide bonds. The van der Waals surface area contributed by atoms with Crippen molar-refractivity contribution in [2.75, 3.05) is 26.7 Å². The van der Waals surface area contributed by atoms with Crippen molar-refractivity contribution in [2.24, 2.45) is 0 Å². The predicted octanol–water partition coefficient (Wildman–Crippen LogP) is 0.688. The largest absolute Gasteiger partial charge is 0.361 e. The van der Waals surface area contributed by atoms with Crippen LogP contribution >= 0.6 is 0 Å². The van der Waals surface area contributed by atoms with Crippen molar-refractivity contribution >= 4 is 5.91 Å². The SMILES string of the molecule is Cc1cc(CC(=O)N2CCN(C)CC2C)on1. The number of amides is 1. The third-order valence-corrected chi connectivity index (χ3v) is 3.15. The summed E-state index contributed by atoms with van der Waals surface area (Å²) in [5, 5.41) is 3.79. The van der Waals surface area contributed by atoms with Gasteiger partial charge in [-0.2, -0.15) is 0 Å². The van der Waals surface area contributed by atoms with Crippen molar-refractivity contribution in [3.63, 3.8) is 0 Å². The van der Waals surface area contributed by atoms with Crippen LogP contribution in [0.1, 0.15) is 18.4 Å². The second kappa shape index (κ2) is 4.87. The molecule has 2 rings (SSSR count). The lowest BCUT2D eigenvalue weighted by Gasteiger charge is -2.38. The number of hydrogen-bond acceptors (Lipinski definition) is 4. The third-order valence-electron chi connectivity index (χ3n) is 3.15. The van der Waals surface area contributed by atoms with Crippen molar-refractivity contribution in [3.8, 4) is 0 Å². The molecule has 94 valence electrons. The van der Waals surface area contributed by atoms with E-state index in [1.165, 1.54) is 0 Å². The Bertz CT molecular complexity index is 402. The van der Waals surface area contributed by atoms with Crippen molar-refractivity contribution < 1.29 is 9.32 Å². The molecule has 17 heavy (non-hydrogen) atoms. The first-order valence-corrected chi connectivity index (χ1v) is 5.96. The second-order valence-electron chi connectivity index (χ2n) is 4.81. The molecule has 1 aliphatic heterocycles. The van der Waals surface area contributed by atoms with Gasteiger partial charge in [0, 0.05) is 31.7 Å². The Balaban J connectivity index is 1.96. The van der Waals surface area contributed by atoms with Crippen LogP contribution in [0.15, 0.2) is 10.6 Å². The van der Waals surface area contributed by atoms with E-state index in [4.69, 9.17) is 4.52 Å². The fourth-order valence-corrected chi connectivity index (χ4v) is 2.26. The van der Waals surface area contributed by atoms with E-state index in [1.807, 2.05) is 17.9 Å². The third kappa shape index (κ3) is 2.85. The van der Waals surface area contributed by atoms with Crippen molar-refractivity contribution in [1.82, 2.24) is 15.0 Å². The average Bonchev–Trinajstić information content (AvgIpc) is 2.63. The zero-order chi connectivity index (χ0) is 12.4. The second-order valence-corrected chi connectivity index (χ2v) is 4.81. The molecule has 0 spiro atoms. The van der Waals surface area contributed by atoms with Crippen LogP contribution in [0.3, 0.4) is 0 Å². The maximum Gasteiger partial charge on any atom is 0.230 e. The van der Waals surface area contributed by atoms with E-state index in [0.29, 0.717) is 12.2 Å². The Morgan fingerprint density at radius 2 is 2.35 bits per heavy atom. The maximum absolute atomic E-state index is 12.1. The van der Waals surface area contributed by atoms with E-state index < -0.39 is 0 Å². The summed E-state index contributed by atoms with van der Waals surface area (Å²) in [4.78, 5) is 16.3. The highest BCUT2D eigenvalue weighted by Gasteiger charge is 2.26.